The fourth-order valence-electron chi connectivity index (χ4n) is 5.72. The lowest BCUT2D eigenvalue weighted by Gasteiger charge is -2.32. The van der Waals surface area contributed by atoms with Gasteiger partial charge in [-0.3, -0.25) is 23.5 Å². The molecular formula is C34H46FN6O9P. The third kappa shape index (κ3) is 9.47. The topological polar surface area (TPSA) is 182 Å². The van der Waals surface area contributed by atoms with Crippen molar-refractivity contribution >= 4 is 42.6 Å². The monoisotopic (exact) mass is 732 g/mol. The van der Waals surface area contributed by atoms with Crippen LogP contribution in [-0.4, -0.2) is 67.8 Å². The first kappa shape index (κ1) is 38.3. The van der Waals surface area contributed by atoms with Crippen LogP contribution in [0.4, 0.5) is 10.2 Å². The number of fused-ring (bicyclic) bond motifs is 1. The Hall–Kier alpha value is -3.98. The Kier molecular flexibility index (Phi) is 12.1. The Morgan fingerprint density at radius 3 is 2.39 bits per heavy atom. The van der Waals surface area contributed by atoms with E-state index < -0.39 is 74.1 Å². The van der Waals surface area contributed by atoms with Gasteiger partial charge in [-0.15, -0.1) is 0 Å². The predicted molar refractivity (Wildman–Crippen MR) is 183 cm³/mol. The highest BCUT2D eigenvalue weighted by molar-refractivity contribution is 7.52. The van der Waals surface area contributed by atoms with Gasteiger partial charge in [0.15, 0.2) is 17.0 Å². The second-order valence-electron chi connectivity index (χ2n) is 13.7. The van der Waals surface area contributed by atoms with Crippen LogP contribution in [0, 0.1) is 17.9 Å². The van der Waals surface area contributed by atoms with Crippen LogP contribution in [0.25, 0.3) is 11.2 Å². The van der Waals surface area contributed by atoms with Crippen LogP contribution in [0.1, 0.15) is 86.3 Å². The van der Waals surface area contributed by atoms with E-state index in [0.29, 0.717) is 0 Å². The number of aromatic nitrogens is 4. The molecule has 5 rings (SSSR count). The van der Waals surface area contributed by atoms with Crippen molar-refractivity contribution in [1.29, 1.82) is 0 Å². The first-order chi connectivity index (χ1) is 24.2. The Bertz CT molecular complexity index is 1750. The Morgan fingerprint density at radius 2 is 1.73 bits per heavy atom. The molecular weight excluding hydrogens is 686 g/mol. The van der Waals surface area contributed by atoms with Crippen LogP contribution in [0.5, 0.6) is 5.75 Å². The zero-order valence-corrected chi connectivity index (χ0v) is 30.6. The molecule has 2 aliphatic rings. The normalized spacial score (nSPS) is 22.8. The molecule has 3 aromatic rings. The van der Waals surface area contributed by atoms with E-state index in [4.69, 9.17) is 23.3 Å². The standard InChI is InChI=1S/C34H46FN6O9P/c1-20(2)30(42)37-28-27-29(39-33(35)38-28)41(19-36-27)26-17-25(48-31(43)21(3)4)34(6,49-26)18-46-51(45,50-24-15-11-8-12-16-24)40-22(5)32(44)47-23-13-9-7-10-14-23/h8,11-12,15-16,19-23,25-26H,7,9-10,13-14,17-18H2,1-6H3,(H,40,45)(H,37,38,39,42)/t22-,25-,26+,34+,51-/m0/s1. The molecule has 17 heteroatoms. The molecule has 1 aromatic carbocycles. The first-order valence-electron chi connectivity index (χ1n) is 17.2. The number of amides is 1. The molecule has 0 spiro atoms. The number of para-hydroxylation sites is 1. The number of esters is 2. The third-order valence-corrected chi connectivity index (χ3v) is 10.4. The lowest BCUT2D eigenvalue weighted by Crippen LogP contribution is -2.45. The molecule has 1 amide bonds. The molecule has 15 nitrogen and oxygen atoms in total. The summed E-state index contributed by atoms with van der Waals surface area (Å²) in [5.74, 6) is -2.29. The molecule has 2 N–H and O–H groups in total. The van der Waals surface area contributed by atoms with Crippen LogP contribution in [0.2, 0.25) is 0 Å². The minimum atomic E-state index is -4.33. The number of imidazole rings is 1. The molecule has 51 heavy (non-hydrogen) atoms. The highest BCUT2D eigenvalue weighted by Gasteiger charge is 2.51. The van der Waals surface area contributed by atoms with Gasteiger partial charge in [0, 0.05) is 12.3 Å². The average Bonchev–Trinajstić information content (AvgIpc) is 3.65. The second-order valence-corrected chi connectivity index (χ2v) is 15.4. The van der Waals surface area contributed by atoms with Crippen molar-refractivity contribution in [3.05, 3.63) is 42.7 Å². The molecule has 1 aliphatic heterocycles. The van der Waals surface area contributed by atoms with E-state index in [1.165, 1.54) is 17.8 Å². The van der Waals surface area contributed by atoms with Crippen molar-refractivity contribution in [2.45, 2.75) is 110 Å². The van der Waals surface area contributed by atoms with Gasteiger partial charge in [-0.05, 0) is 51.7 Å². The predicted octanol–water partition coefficient (Wildman–Crippen LogP) is 5.86. The molecule has 2 fully saturated rings. The van der Waals surface area contributed by atoms with Crippen LogP contribution in [0.3, 0.4) is 0 Å². The van der Waals surface area contributed by atoms with Crippen LogP contribution in [-0.2, 0) is 37.7 Å². The quantitative estimate of drug-likeness (QED) is 0.114. The Balaban J connectivity index is 1.40. The molecule has 1 aliphatic carbocycles. The summed E-state index contributed by atoms with van der Waals surface area (Å²) < 4.78 is 60.4. The van der Waals surface area contributed by atoms with Gasteiger partial charge >= 0.3 is 25.8 Å². The van der Waals surface area contributed by atoms with E-state index in [9.17, 15) is 23.3 Å². The number of rotatable bonds is 14. The molecule has 5 atom stereocenters. The van der Waals surface area contributed by atoms with E-state index in [1.54, 1.807) is 65.0 Å². The molecule has 0 unspecified atom stereocenters. The summed E-state index contributed by atoms with van der Waals surface area (Å²) in [5, 5.41) is 5.28. The summed E-state index contributed by atoms with van der Waals surface area (Å²) in [6, 6.07) is 7.24. The summed E-state index contributed by atoms with van der Waals surface area (Å²) in [4.78, 5) is 50.3. The van der Waals surface area contributed by atoms with Crippen LogP contribution >= 0.6 is 7.75 Å². The van der Waals surface area contributed by atoms with Crippen molar-refractivity contribution in [3.63, 3.8) is 0 Å². The minimum Gasteiger partial charge on any atom is -0.461 e. The van der Waals surface area contributed by atoms with E-state index in [-0.39, 0.29) is 35.3 Å². The number of carbonyl (C=O) groups excluding carboxylic acids is 3. The van der Waals surface area contributed by atoms with Crippen molar-refractivity contribution in [3.8, 4) is 5.75 Å². The SMILES string of the molecule is CC(C)C(=O)Nc1nc(F)nc2c1ncn2[C@H]1C[C@H](OC(=O)C(C)C)[C@@](C)(CO[P@@](=O)(N[C@@H](C)C(=O)OC2CCCCC2)Oc2ccccc2)O1. The number of hydrogen-bond acceptors (Lipinski definition) is 12. The van der Waals surface area contributed by atoms with E-state index >= 15 is 0 Å². The fourth-order valence-corrected chi connectivity index (χ4v) is 7.31. The van der Waals surface area contributed by atoms with E-state index in [1.807, 2.05) is 0 Å². The number of ether oxygens (including phenoxy) is 3. The lowest BCUT2D eigenvalue weighted by atomic mass is 9.98. The van der Waals surface area contributed by atoms with Gasteiger partial charge in [-0.25, -0.2) is 9.55 Å². The van der Waals surface area contributed by atoms with Crippen molar-refractivity contribution in [1.82, 2.24) is 24.6 Å². The third-order valence-electron chi connectivity index (χ3n) is 8.73. The number of halogens is 1. The van der Waals surface area contributed by atoms with Gasteiger partial charge in [0.1, 0.15) is 35.8 Å². The number of benzene rings is 1. The number of nitrogens with one attached hydrogen (secondary N) is 2. The molecule has 2 aromatic heterocycles. The largest absolute Gasteiger partial charge is 0.461 e. The molecule has 0 radical (unpaired) electrons. The number of hydrogen-bond donors (Lipinski definition) is 2. The maximum atomic E-state index is 14.7. The van der Waals surface area contributed by atoms with Crippen LogP contribution in [0.15, 0.2) is 36.7 Å². The zero-order chi connectivity index (χ0) is 36.9. The van der Waals surface area contributed by atoms with E-state index in [0.717, 1.165) is 32.1 Å². The number of nitrogens with zero attached hydrogens (tertiary/aromatic N) is 4. The van der Waals surface area contributed by atoms with Gasteiger partial charge < -0.3 is 24.1 Å². The van der Waals surface area contributed by atoms with Gasteiger partial charge in [0.25, 0.3) is 0 Å². The molecule has 278 valence electrons. The highest BCUT2D eigenvalue weighted by Crippen LogP contribution is 2.48. The van der Waals surface area contributed by atoms with Crippen LogP contribution < -0.4 is 14.9 Å². The highest BCUT2D eigenvalue weighted by atomic mass is 31.2. The van der Waals surface area contributed by atoms with Gasteiger partial charge in [-0.2, -0.15) is 19.4 Å². The van der Waals surface area contributed by atoms with Crippen molar-refractivity contribution < 1.29 is 46.6 Å². The maximum Gasteiger partial charge on any atom is 0.459 e. The smallest absolute Gasteiger partial charge is 0.459 e. The Morgan fingerprint density at radius 1 is 1.02 bits per heavy atom. The second kappa shape index (κ2) is 16.1. The Labute approximate surface area is 295 Å². The van der Waals surface area contributed by atoms with Gasteiger partial charge in [0.05, 0.1) is 18.9 Å². The van der Waals surface area contributed by atoms with Crippen molar-refractivity contribution in [2.75, 3.05) is 11.9 Å². The first-order valence-corrected chi connectivity index (χ1v) is 18.8. The van der Waals surface area contributed by atoms with Crippen molar-refractivity contribution in [2.24, 2.45) is 11.8 Å². The molecule has 0 bridgehead atoms. The molecule has 1 saturated heterocycles. The maximum absolute atomic E-state index is 14.7. The fraction of sp³-hybridized carbons (Fsp3) is 0.588. The van der Waals surface area contributed by atoms with E-state index in [2.05, 4.69) is 25.4 Å². The summed E-state index contributed by atoms with van der Waals surface area (Å²) in [6.07, 6.45) is 2.74. The lowest BCUT2D eigenvalue weighted by molar-refractivity contribution is -0.167. The summed E-state index contributed by atoms with van der Waals surface area (Å²) in [5.41, 5.74) is -1.31. The zero-order valence-electron chi connectivity index (χ0n) is 29.7. The molecule has 1 saturated carbocycles. The average molecular weight is 733 g/mol. The van der Waals surface area contributed by atoms with Gasteiger partial charge in [0.2, 0.25) is 5.91 Å². The van der Waals surface area contributed by atoms with Gasteiger partial charge in [-0.1, -0.05) is 52.3 Å². The summed E-state index contributed by atoms with van der Waals surface area (Å²) >= 11 is 0. The molecule has 3 heterocycles. The summed E-state index contributed by atoms with van der Waals surface area (Å²) in [7, 11) is -4.33. The number of carbonyl (C=O) groups is 3. The minimum absolute atomic E-state index is 0.0238. The number of anilines is 1. The summed E-state index contributed by atoms with van der Waals surface area (Å²) in [6.45, 7) is 9.40.